The molecule has 3 N–H and O–H groups in total. The van der Waals surface area contributed by atoms with E-state index in [1.54, 1.807) is 11.3 Å². The minimum Gasteiger partial charge on any atom is -0.271 e. The molecule has 0 bridgehead atoms. The van der Waals surface area contributed by atoms with Crippen LogP contribution in [-0.2, 0) is 6.42 Å². The first kappa shape index (κ1) is 11.6. The van der Waals surface area contributed by atoms with Crippen molar-refractivity contribution in [2.24, 2.45) is 11.8 Å². The molecule has 0 saturated carbocycles. The molecule has 0 saturated heterocycles. The Kier molecular flexibility index (Phi) is 4.51. The van der Waals surface area contributed by atoms with E-state index >= 15 is 0 Å². The number of hydrogen-bond acceptors (Lipinski definition) is 4. The van der Waals surface area contributed by atoms with Gasteiger partial charge in [-0.2, -0.15) is 0 Å². The molecular weight excluding hydrogens is 194 g/mol. The van der Waals surface area contributed by atoms with Crippen molar-refractivity contribution in [3.63, 3.8) is 0 Å². The van der Waals surface area contributed by atoms with Crippen LogP contribution in [0.1, 0.15) is 31.0 Å². The van der Waals surface area contributed by atoms with E-state index in [1.807, 2.05) is 6.92 Å². The maximum atomic E-state index is 5.50. The molecule has 0 aliphatic rings. The zero-order valence-corrected chi connectivity index (χ0v) is 9.90. The van der Waals surface area contributed by atoms with Gasteiger partial charge in [0.25, 0.3) is 0 Å². The van der Waals surface area contributed by atoms with E-state index < -0.39 is 0 Å². The molecule has 1 rings (SSSR count). The fraction of sp³-hybridized carbons (Fsp3) is 0.700. The van der Waals surface area contributed by atoms with Gasteiger partial charge in [-0.3, -0.25) is 11.3 Å². The minimum absolute atomic E-state index is 0.348. The fourth-order valence-electron chi connectivity index (χ4n) is 1.49. The van der Waals surface area contributed by atoms with Crippen LogP contribution in [0.4, 0.5) is 0 Å². The minimum atomic E-state index is 0.348. The van der Waals surface area contributed by atoms with Crippen molar-refractivity contribution in [2.75, 3.05) is 0 Å². The average Bonchev–Trinajstić information content (AvgIpc) is 2.49. The molecular formula is C10H19N3S. The van der Waals surface area contributed by atoms with Gasteiger partial charge >= 0.3 is 0 Å². The zero-order chi connectivity index (χ0) is 10.6. The van der Waals surface area contributed by atoms with E-state index in [4.69, 9.17) is 5.84 Å². The molecule has 1 aromatic heterocycles. The smallest absolute Gasteiger partial charge is 0.0944 e. The van der Waals surface area contributed by atoms with Gasteiger partial charge in [-0.05, 0) is 19.3 Å². The highest BCUT2D eigenvalue weighted by Gasteiger charge is 2.11. The lowest BCUT2D eigenvalue weighted by atomic mass is 10.0. The van der Waals surface area contributed by atoms with Crippen LogP contribution in [0.5, 0.6) is 0 Å². The number of aryl methyl sites for hydroxylation is 1. The number of aromatic nitrogens is 1. The number of hydrogen-bond donors (Lipinski definition) is 2. The van der Waals surface area contributed by atoms with E-state index in [-0.39, 0.29) is 0 Å². The lowest BCUT2D eigenvalue weighted by molar-refractivity contribution is 0.422. The molecule has 1 atom stereocenters. The van der Waals surface area contributed by atoms with Crippen molar-refractivity contribution in [3.05, 3.63) is 16.1 Å². The zero-order valence-electron chi connectivity index (χ0n) is 9.08. The van der Waals surface area contributed by atoms with E-state index in [0.29, 0.717) is 12.0 Å². The molecule has 3 nitrogen and oxygen atoms in total. The maximum Gasteiger partial charge on any atom is 0.0944 e. The van der Waals surface area contributed by atoms with Crippen LogP contribution in [0.15, 0.2) is 5.38 Å². The number of hydrazine groups is 1. The Bertz CT molecular complexity index is 270. The van der Waals surface area contributed by atoms with E-state index in [2.05, 4.69) is 29.6 Å². The predicted octanol–water partition coefficient (Wildman–Crippen LogP) is 1.87. The highest BCUT2D eigenvalue weighted by atomic mass is 32.1. The SMILES string of the molecule is Cc1csc(CC(CC(C)C)NN)n1. The molecule has 1 aromatic rings. The highest BCUT2D eigenvalue weighted by molar-refractivity contribution is 7.09. The molecule has 0 aromatic carbocycles. The molecule has 1 heterocycles. The summed E-state index contributed by atoms with van der Waals surface area (Å²) in [6.45, 7) is 6.43. The van der Waals surface area contributed by atoms with Gasteiger partial charge in [-0.15, -0.1) is 11.3 Å². The molecule has 0 aliphatic carbocycles. The van der Waals surface area contributed by atoms with Crippen LogP contribution in [0.2, 0.25) is 0 Å². The van der Waals surface area contributed by atoms with Gasteiger partial charge < -0.3 is 0 Å². The quantitative estimate of drug-likeness (QED) is 0.580. The van der Waals surface area contributed by atoms with Crippen molar-refractivity contribution in [2.45, 2.75) is 39.7 Å². The van der Waals surface area contributed by atoms with Crippen molar-refractivity contribution in [1.82, 2.24) is 10.4 Å². The van der Waals surface area contributed by atoms with E-state index in [0.717, 1.165) is 18.5 Å². The largest absolute Gasteiger partial charge is 0.271 e. The molecule has 80 valence electrons. The lowest BCUT2D eigenvalue weighted by Gasteiger charge is -2.16. The molecule has 1 unspecified atom stereocenters. The highest BCUT2D eigenvalue weighted by Crippen LogP contribution is 2.14. The Morgan fingerprint density at radius 3 is 2.71 bits per heavy atom. The molecule has 0 aliphatic heterocycles. The van der Waals surface area contributed by atoms with Crippen LogP contribution in [0.3, 0.4) is 0 Å². The number of thiazole rings is 1. The second-order valence-corrected chi connectivity index (χ2v) is 5.02. The monoisotopic (exact) mass is 213 g/mol. The van der Waals surface area contributed by atoms with Crippen molar-refractivity contribution < 1.29 is 0 Å². The topological polar surface area (TPSA) is 50.9 Å². The Morgan fingerprint density at radius 1 is 1.57 bits per heavy atom. The molecule has 0 spiro atoms. The van der Waals surface area contributed by atoms with Gasteiger partial charge in [-0.1, -0.05) is 13.8 Å². The Morgan fingerprint density at radius 2 is 2.29 bits per heavy atom. The molecule has 14 heavy (non-hydrogen) atoms. The number of nitrogens with one attached hydrogen (secondary N) is 1. The third kappa shape index (κ3) is 3.74. The van der Waals surface area contributed by atoms with Gasteiger partial charge in [0.05, 0.1) is 5.01 Å². The fourth-order valence-corrected chi connectivity index (χ4v) is 2.34. The molecule has 0 amide bonds. The van der Waals surface area contributed by atoms with Gasteiger partial charge in [0.15, 0.2) is 0 Å². The van der Waals surface area contributed by atoms with Crippen LogP contribution in [0, 0.1) is 12.8 Å². The summed E-state index contributed by atoms with van der Waals surface area (Å²) in [4.78, 5) is 4.43. The lowest BCUT2D eigenvalue weighted by Crippen LogP contribution is -2.37. The van der Waals surface area contributed by atoms with Crippen LogP contribution >= 0.6 is 11.3 Å². The number of rotatable bonds is 5. The molecule has 0 fully saturated rings. The van der Waals surface area contributed by atoms with Gasteiger partial charge in [0.2, 0.25) is 0 Å². The summed E-state index contributed by atoms with van der Waals surface area (Å²) in [5.41, 5.74) is 3.96. The number of nitrogens with two attached hydrogens (primary N) is 1. The second-order valence-electron chi connectivity index (χ2n) is 4.08. The van der Waals surface area contributed by atoms with E-state index in [9.17, 15) is 0 Å². The first-order valence-electron chi connectivity index (χ1n) is 4.99. The third-order valence-corrected chi connectivity index (χ3v) is 3.07. The van der Waals surface area contributed by atoms with Crippen LogP contribution in [0.25, 0.3) is 0 Å². The first-order chi connectivity index (χ1) is 6.61. The van der Waals surface area contributed by atoms with Crippen LogP contribution in [-0.4, -0.2) is 11.0 Å². The van der Waals surface area contributed by atoms with Crippen molar-refractivity contribution >= 4 is 11.3 Å². The average molecular weight is 213 g/mol. The summed E-state index contributed by atoms with van der Waals surface area (Å²) in [5, 5.41) is 3.25. The summed E-state index contributed by atoms with van der Waals surface area (Å²) in [7, 11) is 0. The summed E-state index contributed by atoms with van der Waals surface area (Å²) < 4.78 is 0. The molecule has 4 heteroatoms. The van der Waals surface area contributed by atoms with Crippen molar-refractivity contribution in [1.29, 1.82) is 0 Å². The van der Waals surface area contributed by atoms with E-state index in [1.165, 1.54) is 5.01 Å². The predicted molar refractivity (Wildman–Crippen MR) is 61.1 cm³/mol. The summed E-state index contributed by atoms with van der Waals surface area (Å²) in [5.74, 6) is 6.17. The Hall–Kier alpha value is -0.450. The van der Waals surface area contributed by atoms with Gasteiger partial charge in [0, 0.05) is 23.5 Å². The van der Waals surface area contributed by atoms with Gasteiger partial charge in [-0.25, -0.2) is 4.98 Å². The van der Waals surface area contributed by atoms with Gasteiger partial charge in [0.1, 0.15) is 0 Å². The van der Waals surface area contributed by atoms with Crippen molar-refractivity contribution in [3.8, 4) is 0 Å². The Labute approximate surface area is 89.7 Å². The van der Waals surface area contributed by atoms with Crippen LogP contribution < -0.4 is 11.3 Å². The number of nitrogens with zero attached hydrogens (tertiary/aromatic N) is 1. The third-order valence-electron chi connectivity index (χ3n) is 2.08. The first-order valence-corrected chi connectivity index (χ1v) is 5.87. The summed E-state index contributed by atoms with van der Waals surface area (Å²) >= 11 is 1.71. The summed E-state index contributed by atoms with van der Waals surface area (Å²) in [6.07, 6.45) is 2.03. The molecule has 0 radical (unpaired) electrons. The Balaban J connectivity index is 2.48. The summed E-state index contributed by atoms with van der Waals surface area (Å²) in [6, 6.07) is 0.348. The standard InChI is InChI=1S/C10H19N3S/c1-7(2)4-9(13-11)5-10-12-8(3)6-14-10/h6-7,9,13H,4-5,11H2,1-3H3. The maximum absolute atomic E-state index is 5.50. The second kappa shape index (κ2) is 5.44. The normalized spacial score (nSPS) is 13.5.